The number of benzene rings is 1. The molecule has 1 aromatic carbocycles. The van der Waals surface area contributed by atoms with Crippen LogP contribution in [0, 0.1) is 5.92 Å². The van der Waals surface area contributed by atoms with Gasteiger partial charge in [0.2, 0.25) is 0 Å². The molecule has 2 N–H and O–H groups in total. The zero-order valence-corrected chi connectivity index (χ0v) is 15.0. The van der Waals surface area contributed by atoms with Crippen LogP contribution in [0.1, 0.15) is 47.9 Å². The molecule has 25 heavy (non-hydrogen) atoms. The summed E-state index contributed by atoms with van der Waals surface area (Å²) in [6.45, 7) is 5.04. The molecule has 2 unspecified atom stereocenters. The Hall–Kier alpha value is -2.42. The molecule has 0 radical (unpaired) electrons. The van der Waals surface area contributed by atoms with Crippen LogP contribution in [-0.4, -0.2) is 48.2 Å². The Kier molecular flexibility index (Phi) is 5.17. The van der Waals surface area contributed by atoms with Gasteiger partial charge in [0.05, 0.1) is 5.56 Å². The highest BCUT2D eigenvalue weighted by Crippen LogP contribution is 2.30. The number of hydrogen-bond acceptors (Lipinski definition) is 5. The molecule has 1 aromatic rings. The molecular formula is C16H20N2O6S. The van der Waals surface area contributed by atoms with Gasteiger partial charge in [0.25, 0.3) is 21.8 Å². The average Bonchev–Trinajstić information content (AvgIpc) is 2.76. The molecule has 8 nitrogen and oxygen atoms in total. The molecule has 0 saturated heterocycles. The van der Waals surface area contributed by atoms with Crippen molar-refractivity contribution in [3.8, 4) is 0 Å². The molecule has 9 heteroatoms. The number of carbonyl (C=O) groups excluding carboxylic acids is 2. The van der Waals surface area contributed by atoms with Crippen LogP contribution in [0.4, 0.5) is 0 Å². The molecule has 0 saturated carbocycles. The molecule has 0 fully saturated rings. The van der Waals surface area contributed by atoms with E-state index in [-0.39, 0.29) is 28.5 Å². The minimum absolute atomic E-state index is 0.00746. The Morgan fingerprint density at radius 2 is 1.92 bits per heavy atom. The maximum absolute atomic E-state index is 12.4. The quantitative estimate of drug-likeness (QED) is 0.775. The third-order valence-electron chi connectivity index (χ3n) is 4.32. The number of carboxylic acids is 1. The molecule has 2 amide bonds. The van der Waals surface area contributed by atoms with E-state index in [2.05, 4.69) is 5.32 Å². The fourth-order valence-electron chi connectivity index (χ4n) is 2.64. The third-order valence-corrected chi connectivity index (χ3v) is 6.22. The van der Waals surface area contributed by atoms with E-state index in [0.29, 0.717) is 6.42 Å². The van der Waals surface area contributed by atoms with E-state index >= 15 is 0 Å². The second kappa shape index (κ2) is 6.83. The number of nitrogens with one attached hydrogen (secondary N) is 1. The number of nitrogens with zero attached hydrogens (tertiary/aromatic N) is 1. The molecule has 2 rings (SSSR count). The molecule has 1 heterocycles. The van der Waals surface area contributed by atoms with Gasteiger partial charge in [0.15, 0.2) is 0 Å². The highest BCUT2D eigenvalue weighted by Gasteiger charge is 2.40. The lowest BCUT2D eigenvalue weighted by Crippen LogP contribution is -2.45. The molecule has 2 atom stereocenters. The van der Waals surface area contributed by atoms with Gasteiger partial charge in [-0.3, -0.25) is 9.59 Å². The number of sulfonamides is 1. The summed E-state index contributed by atoms with van der Waals surface area (Å²) in [4.78, 5) is 35.5. The van der Waals surface area contributed by atoms with Gasteiger partial charge in [-0.2, -0.15) is 0 Å². The fraction of sp³-hybridized carbons (Fsp3) is 0.438. The fourth-order valence-corrected chi connectivity index (χ4v) is 4.24. The zero-order chi connectivity index (χ0) is 18.9. The summed E-state index contributed by atoms with van der Waals surface area (Å²) in [7, 11) is -3.98. The first-order chi connectivity index (χ1) is 11.6. The van der Waals surface area contributed by atoms with Gasteiger partial charge < -0.3 is 10.4 Å². The lowest BCUT2D eigenvalue weighted by atomic mass is 9.99. The normalized spacial score (nSPS) is 17.7. The van der Waals surface area contributed by atoms with E-state index in [1.54, 1.807) is 20.8 Å². The smallest absolute Gasteiger partial charge is 0.326 e. The summed E-state index contributed by atoms with van der Waals surface area (Å²) in [5.74, 6) is -2.79. The minimum atomic E-state index is -3.98. The SMILES string of the molecule is CCC(C)C(NC(=O)c1ccc2c(c1)S(=O)(=O)N(CC)C2=O)C(=O)O. The lowest BCUT2D eigenvalue weighted by molar-refractivity contribution is -0.140. The Morgan fingerprint density at radius 1 is 1.28 bits per heavy atom. The molecule has 1 aliphatic rings. The van der Waals surface area contributed by atoms with Crippen molar-refractivity contribution in [2.24, 2.45) is 5.92 Å². The van der Waals surface area contributed by atoms with E-state index in [9.17, 15) is 27.9 Å². The number of rotatable bonds is 6. The van der Waals surface area contributed by atoms with Crippen molar-refractivity contribution in [2.75, 3.05) is 6.54 Å². The summed E-state index contributed by atoms with van der Waals surface area (Å²) in [6, 6.07) is 2.62. The van der Waals surface area contributed by atoms with Crippen molar-refractivity contribution in [3.63, 3.8) is 0 Å². The van der Waals surface area contributed by atoms with E-state index in [1.807, 2.05) is 0 Å². The first-order valence-corrected chi connectivity index (χ1v) is 9.33. The predicted octanol–water partition coefficient (Wildman–Crippen LogP) is 1.08. The zero-order valence-electron chi connectivity index (χ0n) is 14.1. The predicted molar refractivity (Wildman–Crippen MR) is 88.7 cm³/mol. The van der Waals surface area contributed by atoms with Crippen LogP contribution in [0.25, 0.3) is 0 Å². The molecular weight excluding hydrogens is 348 g/mol. The Morgan fingerprint density at radius 3 is 2.44 bits per heavy atom. The van der Waals surface area contributed by atoms with Crippen molar-refractivity contribution < 1.29 is 27.9 Å². The van der Waals surface area contributed by atoms with Crippen LogP contribution in [0.3, 0.4) is 0 Å². The van der Waals surface area contributed by atoms with Crippen molar-refractivity contribution in [2.45, 2.75) is 38.1 Å². The highest BCUT2D eigenvalue weighted by molar-refractivity contribution is 7.90. The van der Waals surface area contributed by atoms with Gasteiger partial charge in [-0.15, -0.1) is 0 Å². The molecule has 0 spiro atoms. The number of amides is 2. The monoisotopic (exact) mass is 368 g/mol. The van der Waals surface area contributed by atoms with Crippen LogP contribution >= 0.6 is 0 Å². The number of aliphatic carboxylic acids is 1. The lowest BCUT2D eigenvalue weighted by Gasteiger charge is -2.20. The molecule has 1 aliphatic heterocycles. The van der Waals surface area contributed by atoms with Gasteiger partial charge in [-0.25, -0.2) is 17.5 Å². The standard InChI is InChI=1S/C16H20N2O6S/c1-4-9(3)13(16(21)22)17-14(19)10-6-7-11-12(8-10)25(23,24)18(5-2)15(11)20/h6-9,13H,4-5H2,1-3H3,(H,17,19)(H,21,22). The summed E-state index contributed by atoms with van der Waals surface area (Å²) < 4.78 is 25.5. The third kappa shape index (κ3) is 3.23. The summed E-state index contributed by atoms with van der Waals surface area (Å²) >= 11 is 0. The highest BCUT2D eigenvalue weighted by atomic mass is 32.2. The van der Waals surface area contributed by atoms with Crippen LogP contribution in [-0.2, 0) is 14.8 Å². The Bertz CT molecular complexity index is 833. The van der Waals surface area contributed by atoms with Gasteiger partial charge in [0.1, 0.15) is 10.9 Å². The average molecular weight is 368 g/mol. The molecule has 136 valence electrons. The van der Waals surface area contributed by atoms with Crippen molar-refractivity contribution >= 4 is 27.8 Å². The second-order valence-electron chi connectivity index (χ2n) is 5.86. The maximum Gasteiger partial charge on any atom is 0.326 e. The molecule has 0 aliphatic carbocycles. The maximum atomic E-state index is 12.4. The number of carboxylic acid groups (broad SMARTS) is 1. The number of carbonyl (C=O) groups is 3. The summed E-state index contributed by atoms with van der Waals surface area (Å²) in [5, 5.41) is 11.7. The van der Waals surface area contributed by atoms with Crippen LogP contribution in [0.2, 0.25) is 0 Å². The van der Waals surface area contributed by atoms with Gasteiger partial charge >= 0.3 is 5.97 Å². The largest absolute Gasteiger partial charge is 0.480 e. The second-order valence-corrected chi connectivity index (χ2v) is 7.69. The van der Waals surface area contributed by atoms with E-state index in [1.165, 1.54) is 12.1 Å². The molecule has 0 bridgehead atoms. The summed E-state index contributed by atoms with van der Waals surface area (Å²) in [6.07, 6.45) is 0.551. The van der Waals surface area contributed by atoms with Crippen LogP contribution < -0.4 is 5.32 Å². The first-order valence-electron chi connectivity index (χ1n) is 7.89. The van der Waals surface area contributed by atoms with E-state index < -0.39 is 33.8 Å². The Labute approximate surface area is 145 Å². The Balaban J connectivity index is 2.36. The van der Waals surface area contributed by atoms with Crippen molar-refractivity contribution in [1.82, 2.24) is 9.62 Å². The van der Waals surface area contributed by atoms with Gasteiger partial charge in [-0.05, 0) is 31.0 Å². The topological polar surface area (TPSA) is 121 Å². The minimum Gasteiger partial charge on any atom is -0.480 e. The number of hydrogen-bond donors (Lipinski definition) is 2. The molecule has 0 aromatic heterocycles. The van der Waals surface area contributed by atoms with E-state index in [4.69, 9.17) is 0 Å². The summed E-state index contributed by atoms with van der Waals surface area (Å²) in [5.41, 5.74) is -0.00209. The van der Waals surface area contributed by atoms with Gasteiger partial charge in [-0.1, -0.05) is 20.3 Å². The van der Waals surface area contributed by atoms with E-state index in [0.717, 1.165) is 10.4 Å². The number of fused-ring (bicyclic) bond motifs is 1. The first kappa shape index (κ1) is 18.9. The van der Waals surface area contributed by atoms with Gasteiger partial charge in [0, 0.05) is 12.1 Å². The van der Waals surface area contributed by atoms with Crippen molar-refractivity contribution in [1.29, 1.82) is 0 Å². The van der Waals surface area contributed by atoms with Crippen LogP contribution in [0.15, 0.2) is 23.1 Å². The van der Waals surface area contributed by atoms with Crippen molar-refractivity contribution in [3.05, 3.63) is 29.3 Å². The van der Waals surface area contributed by atoms with Crippen LogP contribution in [0.5, 0.6) is 0 Å².